The summed E-state index contributed by atoms with van der Waals surface area (Å²) in [5.41, 5.74) is 4.47. The fourth-order valence-corrected chi connectivity index (χ4v) is 0.698. The van der Waals surface area contributed by atoms with Crippen molar-refractivity contribution in [3.63, 3.8) is 0 Å². The number of rotatable bonds is 6. The summed E-state index contributed by atoms with van der Waals surface area (Å²) in [6.07, 6.45) is 0. The molecule has 3 N–H and O–H groups in total. The van der Waals surface area contributed by atoms with Crippen molar-refractivity contribution >= 4 is 5.91 Å². The average molecular weight is 196 g/mol. The monoisotopic (exact) mass is 196 g/mol. The Bertz CT molecular complexity index is 176. The number of nitrogens with one attached hydrogen (secondary N) is 1. The lowest BCUT2D eigenvalue weighted by atomic mass is 10.3. The highest BCUT2D eigenvalue weighted by Crippen LogP contribution is 2.10. The summed E-state index contributed by atoms with van der Waals surface area (Å²) in [6.45, 7) is 1.21. The number of amides is 1. The van der Waals surface area contributed by atoms with E-state index >= 15 is 0 Å². The standard InChI is InChI=1S/C7H14F2N2O2/c1-5(3-13-2)11-4-7(8,9)6(10)12/h5,11H,3-4H2,1-2H3,(H2,10,12). The number of hydrogen-bond acceptors (Lipinski definition) is 3. The number of primary amides is 1. The van der Waals surface area contributed by atoms with Gasteiger partial charge in [0.1, 0.15) is 0 Å². The van der Waals surface area contributed by atoms with E-state index in [4.69, 9.17) is 4.74 Å². The van der Waals surface area contributed by atoms with Crippen LogP contribution in [0, 0.1) is 0 Å². The molecule has 0 aliphatic carbocycles. The highest BCUT2D eigenvalue weighted by atomic mass is 19.3. The molecule has 0 heterocycles. The lowest BCUT2D eigenvalue weighted by molar-refractivity contribution is -0.141. The predicted octanol–water partition coefficient (Wildman–Crippen LogP) is -0.268. The van der Waals surface area contributed by atoms with E-state index in [9.17, 15) is 13.6 Å². The van der Waals surface area contributed by atoms with E-state index in [0.717, 1.165) is 0 Å². The summed E-state index contributed by atoms with van der Waals surface area (Å²) in [5, 5.41) is 2.43. The zero-order chi connectivity index (χ0) is 10.5. The van der Waals surface area contributed by atoms with Gasteiger partial charge in [-0.1, -0.05) is 0 Å². The second-order valence-electron chi connectivity index (χ2n) is 2.81. The Kier molecular flexibility index (Phi) is 4.79. The fraction of sp³-hybridized carbons (Fsp3) is 0.857. The zero-order valence-electron chi connectivity index (χ0n) is 7.64. The van der Waals surface area contributed by atoms with Crippen LogP contribution in [-0.2, 0) is 9.53 Å². The molecular formula is C7H14F2N2O2. The molecule has 1 unspecified atom stereocenters. The molecule has 0 aliphatic rings. The minimum Gasteiger partial charge on any atom is -0.383 e. The number of carbonyl (C=O) groups excluding carboxylic acids is 1. The maximum atomic E-state index is 12.6. The predicted molar refractivity (Wildman–Crippen MR) is 43.5 cm³/mol. The Morgan fingerprint density at radius 1 is 1.69 bits per heavy atom. The molecule has 0 rings (SSSR count). The Morgan fingerprint density at radius 3 is 2.62 bits per heavy atom. The molecule has 0 saturated carbocycles. The second-order valence-corrected chi connectivity index (χ2v) is 2.81. The first-order valence-corrected chi connectivity index (χ1v) is 3.80. The molecule has 0 bridgehead atoms. The van der Waals surface area contributed by atoms with Crippen LogP contribution in [0.4, 0.5) is 8.78 Å². The van der Waals surface area contributed by atoms with E-state index in [1.807, 2.05) is 0 Å². The summed E-state index contributed by atoms with van der Waals surface area (Å²) in [7, 11) is 1.46. The molecule has 0 spiro atoms. The average Bonchev–Trinajstić information content (AvgIpc) is 2.01. The number of methoxy groups -OCH3 is 1. The van der Waals surface area contributed by atoms with Gasteiger partial charge in [-0.3, -0.25) is 4.79 Å². The van der Waals surface area contributed by atoms with Gasteiger partial charge in [0.25, 0.3) is 5.91 Å². The van der Waals surface area contributed by atoms with E-state index in [-0.39, 0.29) is 6.04 Å². The summed E-state index contributed by atoms with van der Waals surface area (Å²) >= 11 is 0. The third-order valence-corrected chi connectivity index (χ3v) is 1.45. The van der Waals surface area contributed by atoms with Crippen LogP contribution in [0.1, 0.15) is 6.92 Å². The lowest BCUT2D eigenvalue weighted by Crippen LogP contribution is -2.47. The van der Waals surface area contributed by atoms with Crippen LogP contribution in [0.5, 0.6) is 0 Å². The number of nitrogens with two attached hydrogens (primary N) is 1. The van der Waals surface area contributed by atoms with Crippen LogP contribution < -0.4 is 11.1 Å². The number of hydrogen-bond donors (Lipinski definition) is 2. The largest absolute Gasteiger partial charge is 0.383 e. The maximum absolute atomic E-state index is 12.6. The first kappa shape index (κ1) is 12.2. The number of alkyl halides is 2. The van der Waals surface area contributed by atoms with Gasteiger partial charge in [0.15, 0.2) is 0 Å². The van der Waals surface area contributed by atoms with Crippen LogP contribution >= 0.6 is 0 Å². The molecule has 4 nitrogen and oxygen atoms in total. The molecule has 13 heavy (non-hydrogen) atoms. The minimum absolute atomic E-state index is 0.241. The molecule has 0 aromatic heterocycles. The third kappa shape index (κ3) is 4.74. The highest BCUT2D eigenvalue weighted by Gasteiger charge is 2.36. The zero-order valence-corrected chi connectivity index (χ0v) is 7.64. The quantitative estimate of drug-likeness (QED) is 0.614. The van der Waals surface area contributed by atoms with E-state index in [2.05, 4.69) is 11.1 Å². The van der Waals surface area contributed by atoms with Crippen molar-refractivity contribution in [2.75, 3.05) is 20.3 Å². The van der Waals surface area contributed by atoms with Crippen LogP contribution in [0.2, 0.25) is 0 Å². The van der Waals surface area contributed by atoms with Crippen molar-refractivity contribution in [1.29, 1.82) is 0 Å². The van der Waals surface area contributed by atoms with Crippen LogP contribution in [-0.4, -0.2) is 38.1 Å². The highest BCUT2D eigenvalue weighted by molar-refractivity contribution is 5.81. The normalized spacial score (nSPS) is 14.2. The lowest BCUT2D eigenvalue weighted by Gasteiger charge is -2.17. The van der Waals surface area contributed by atoms with Crippen LogP contribution in [0.25, 0.3) is 0 Å². The summed E-state index contributed by atoms with van der Waals surface area (Å²) in [6, 6.07) is -0.241. The van der Waals surface area contributed by atoms with E-state index in [1.54, 1.807) is 6.92 Å². The van der Waals surface area contributed by atoms with Crippen LogP contribution in [0.3, 0.4) is 0 Å². The van der Waals surface area contributed by atoms with E-state index in [1.165, 1.54) is 7.11 Å². The molecule has 78 valence electrons. The molecule has 1 atom stereocenters. The SMILES string of the molecule is COCC(C)NCC(F)(F)C(N)=O. The van der Waals surface area contributed by atoms with Gasteiger partial charge in [0, 0.05) is 13.2 Å². The van der Waals surface area contributed by atoms with Crippen molar-refractivity contribution < 1.29 is 18.3 Å². The first-order chi connectivity index (χ1) is 5.90. The van der Waals surface area contributed by atoms with Crippen molar-refractivity contribution in [2.45, 2.75) is 18.9 Å². The third-order valence-electron chi connectivity index (χ3n) is 1.45. The van der Waals surface area contributed by atoms with Crippen LogP contribution in [0.15, 0.2) is 0 Å². The Labute approximate surface area is 75.4 Å². The molecule has 1 amide bonds. The molecular weight excluding hydrogens is 182 g/mol. The molecule has 0 saturated heterocycles. The first-order valence-electron chi connectivity index (χ1n) is 3.80. The number of ether oxygens (including phenoxy) is 1. The molecule has 6 heteroatoms. The van der Waals surface area contributed by atoms with Crippen molar-refractivity contribution in [3.8, 4) is 0 Å². The van der Waals surface area contributed by atoms with Gasteiger partial charge in [0.05, 0.1) is 13.2 Å². The van der Waals surface area contributed by atoms with Gasteiger partial charge in [-0.15, -0.1) is 0 Å². The molecule has 0 aliphatic heterocycles. The summed E-state index contributed by atoms with van der Waals surface area (Å²) in [5.74, 6) is -5.12. The van der Waals surface area contributed by atoms with Crippen molar-refractivity contribution in [1.82, 2.24) is 5.32 Å². The van der Waals surface area contributed by atoms with Gasteiger partial charge in [-0.25, -0.2) is 0 Å². The molecule has 0 fully saturated rings. The Hall–Kier alpha value is -0.750. The summed E-state index contributed by atoms with van der Waals surface area (Å²) < 4.78 is 29.8. The maximum Gasteiger partial charge on any atom is 0.336 e. The summed E-state index contributed by atoms with van der Waals surface area (Å²) in [4.78, 5) is 10.2. The second kappa shape index (κ2) is 5.08. The Morgan fingerprint density at radius 2 is 2.23 bits per heavy atom. The van der Waals surface area contributed by atoms with Gasteiger partial charge < -0.3 is 15.8 Å². The van der Waals surface area contributed by atoms with Gasteiger partial charge in [-0.05, 0) is 6.92 Å². The van der Waals surface area contributed by atoms with Gasteiger partial charge in [-0.2, -0.15) is 8.78 Å². The fourth-order valence-electron chi connectivity index (χ4n) is 0.698. The Balaban J connectivity index is 3.80. The minimum atomic E-state index is -3.50. The van der Waals surface area contributed by atoms with Crippen molar-refractivity contribution in [2.24, 2.45) is 5.73 Å². The van der Waals surface area contributed by atoms with Gasteiger partial charge >= 0.3 is 5.92 Å². The van der Waals surface area contributed by atoms with Gasteiger partial charge in [0.2, 0.25) is 0 Å². The van der Waals surface area contributed by atoms with E-state index in [0.29, 0.717) is 6.61 Å². The number of halogens is 2. The molecule has 0 aromatic carbocycles. The number of carbonyl (C=O) groups is 1. The smallest absolute Gasteiger partial charge is 0.336 e. The van der Waals surface area contributed by atoms with Crippen molar-refractivity contribution in [3.05, 3.63) is 0 Å². The molecule has 0 radical (unpaired) electrons. The van der Waals surface area contributed by atoms with E-state index < -0.39 is 18.4 Å². The molecule has 0 aromatic rings. The topological polar surface area (TPSA) is 64.3 Å².